The molecular formula is C19H22F2N4O2S. The number of halogens is 2. The van der Waals surface area contributed by atoms with Crippen molar-refractivity contribution in [2.75, 3.05) is 25.0 Å². The molecule has 2 N–H and O–H groups in total. The van der Waals surface area contributed by atoms with Crippen LogP contribution in [-0.2, 0) is 9.59 Å². The molecule has 1 aliphatic rings. The summed E-state index contributed by atoms with van der Waals surface area (Å²) >= 11 is 1.22. The van der Waals surface area contributed by atoms with Crippen LogP contribution in [0.2, 0.25) is 0 Å². The zero-order valence-corrected chi connectivity index (χ0v) is 16.3. The minimum Gasteiger partial charge on any atom is -0.352 e. The van der Waals surface area contributed by atoms with Crippen LogP contribution < -0.4 is 10.6 Å². The summed E-state index contributed by atoms with van der Waals surface area (Å²) < 4.78 is 26.4. The highest BCUT2D eigenvalue weighted by atomic mass is 32.1. The normalized spacial score (nSPS) is 17.3. The lowest BCUT2D eigenvalue weighted by atomic mass is 10.1. The molecule has 0 saturated carbocycles. The number of hydrogen-bond donors (Lipinski definition) is 2. The monoisotopic (exact) mass is 408 g/mol. The highest BCUT2D eigenvalue weighted by Gasteiger charge is 2.22. The van der Waals surface area contributed by atoms with E-state index in [2.05, 4.69) is 15.6 Å². The molecule has 9 heteroatoms. The van der Waals surface area contributed by atoms with Gasteiger partial charge in [-0.3, -0.25) is 14.5 Å². The molecule has 1 aromatic carbocycles. The number of nitrogens with zero attached hydrogens (tertiary/aromatic N) is 2. The lowest BCUT2D eigenvalue weighted by molar-refractivity contribution is -0.121. The van der Waals surface area contributed by atoms with Gasteiger partial charge < -0.3 is 10.6 Å². The quantitative estimate of drug-likeness (QED) is 0.771. The third-order valence-corrected chi connectivity index (χ3v) is 5.28. The van der Waals surface area contributed by atoms with E-state index < -0.39 is 11.6 Å². The Labute approximate surface area is 166 Å². The van der Waals surface area contributed by atoms with Crippen molar-refractivity contribution in [1.29, 1.82) is 0 Å². The van der Waals surface area contributed by atoms with Gasteiger partial charge in [0, 0.05) is 30.0 Å². The minimum absolute atomic E-state index is 0.0175. The number of thiazole rings is 1. The molecule has 0 aliphatic carbocycles. The van der Waals surface area contributed by atoms with E-state index in [1.165, 1.54) is 17.4 Å². The highest BCUT2D eigenvalue weighted by Crippen LogP contribution is 2.26. The van der Waals surface area contributed by atoms with Crippen LogP contribution in [0.25, 0.3) is 11.3 Å². The summed E-state index contributed by atoms with van der Waals surface area (Å²) in [5.41, 5.74) is 0.917. The first-order chi connectivity index (χ1) is 13.4. The molecule has 2 aromatic rings. The first-order valence-electron chi connectivity index (χ1n) is 9.17. The van der Waals surface area contributed by atoms with Crippen molar-refractivity contribution in [3.63, 3.8) is 0 Å². The van der Waals surface area contributed by atoms with Gasteiger partial charge in [-0.05, 0) is 37.6 Å². The Morgan fingerprint density at radius 3 is 2.86 bits per heavy atom. The first-order valence-corrected chi connectivity index (χ1v) is 10.0. The molecular weight excluding hydrogens is 386 g/mol. The predicted molar refractivity (Wildman–Crippen MR) is 104 cm³/mol. The van der Waals surface area contributed by atoms with E-state index in [4.69, 9.17) is 0 Å². The Hall–Kier alpha value is -2.39. The number of benzene rings is 1. The Morgan fingerprint density at radius 2 is 2.11 bits per heavy atom. The van der Waals surface area contributed by atoms with Crippen LogP contribution in [0.15, 0.2) is 23.6 Å². The van der Waals surface area contributed by atoms with Crippen LogP contribution in [0.1, 0.15) is 26.2 Å². The number of hydrogen-bond acceptors (Lipinski definition) is 5. The third kappa shape index (κ3) is 5.32. The maximum absolute atomic E-state index is 13.4. The molecule has 0 radical (unpaired) electrons. The number of anilines is 1. The minimum atomic E-state index is -0.939. The highest BCUT2D eigenvalue weighted by molar-refractivity contribution is 7.14. The third-order valence-electron chi connectivity index (χ3n) is 4.52. The number of aromatic nitrogens is 1. The van der Waals surface area contributed by atoms with Crippen LogP contribution in [0.3, 0.4) is 0 Å². The van der Waals surface area contributed by atoms with E-state index >= 15 is 0 Å². The smallest absolute Gasteiger partial charge is 0.240 e. The van der Waals surface area contributed by atoms with Gasteiger partial charge in [-0.2, -0.15) is 0 Å². The van der Waals surface area contributed by atoms with Crippen molar-refractivity contribution in [3.05, 3.63) is 35.2 Å². The lowest BCUT2D eigenvalue weighted by Crippen LogP contribution is -2.49. The molecule has 1 atom stereocenters. The van der Waals surface area contributed by atoms with Crippen molar-refractivity contribution in [3.8, 4) is 11.3 Å². The summed E-state index contributed by atoms with van der Waals surface area (Å²) in [6, 6.07) is 3.63. The van der Waals surface area contributed by atoms with Crippen LogP contribution in [0, 0.1) is 11.6 Å². The zero-order valence-electron chi connectivity index (χ0n) is 15.5. The fourth-order valence-corrected chi connectivity index (χ4v) is 3.86. The van der Waals surface area contributed by atoms with Crippen molar-refractivity contribution in [2.45, 2.75) is 32.2 Å². The number of carbonyl (C=O) groups excluding carboxylic acids is 2. The average Bonchev–Trinajstić information content (AvgIpc) is 3.12. The average molecular weight is 408 g/mol. The zero-order chi connectivity index (χ0) is 20.1. The van der Waals surface area contributed by atoms with E-state index in [1.54, 1.807) is 5.38 Å². The summed E-state index contributed by atoms with van der Waals surface area (Å²) in [6.07, 6.45) is 2.27. The van der Waals surface area contributed by atoms with E-state index in [0.717, 1.165) is 31.5 Å². The SMILES string of the molecule is CCC(=O)NC1CCCN(CC(=O)Nc2nc(-c3ccc(F)c(F)c3)cs2)C1. The van der Waals surface area contributed by atoms with Crippen molar-refractivity contribution < 1.29 is 18.4 Å². The maximum atomic E-state index is 13.4. The van der Waals surface area contributed by atoms with E-state index in [-0.39, 0.29) is 24.4 Å². The van der Waals surface area contributed by atoms with Crippen molar-refractivity contribution >= 4 is 28.3 Å². The van der Waals surface area contributed by atoms with Crippen LogP contribution >= 0.6 is 11.3 Å². The fraction of sp³-hybridized carbons (Fsp3) is 0.421. The first kappa shape index (κ1) is 20.3. The summed E-state index contributed by atoms with van der Waals surface area (Å²) in [5.74, 6) is -2.04. The van der Waals surface area contributed by atoms with Gasteiger partial charge in [-0.25, -0.2) is 13.8 Å². The number of amides is 2. The second-order valence-electron chi connectivity index (χ2n) is 6.71. The van der Waals surface area contributed by atoms with Gasteiger partial charge >= 0.3 is 0 Å². The second kappa shape index (κ2) is 9.20. The Balaban J connectivity index is 1.54. The molecule has 1 unspecified atom stereocenters. The molecule has 1 saturated heterocycles. The summed E-state index contributed by atoms with van der Waals surface area (Å²) in [5, 5.41) is 7.80. The number of piperidine rings is 1. The van der Waals surface area contributed by atoms with Gasteiger partial charge in [-0.15, -0.1) is 11.3 Å². The summed E-state index contributed by atoms with van der Waals surface area (Å²) in [7, 11) is 0. The topological polar surface area (TPSA) is 74.3 Å². The number of rotatable bonds is 6. The van der Waals surface area contributed by atoms with Gasteiger partial charge in [-0.1, -0.05) is 6.92 Å². The molecule has 1 fully saturated rings. The Bertz CT molecular complexity index is 858. The van der Waals surface area contributed by atoms with Crippen LogP contribution in [0.4, 0.5) is 13.9 Å². The molecule has 1 aliphatic heterocycles. The van der Waals surface area contributed by atoms with E-state index in [1.807, 2.05) is 11.8 Å². The molecule has 0 bridgehead atoms. The Morgan fingerprint density at radius 1 is 1.29 bits per heavy atom. The molecule has 2 amide bonds. The fourth-order valence-electron chi connectivity index (χ4n) is 3.13. The molecule has 0 spiro atoms. The van der Waals surface area contributed by atoms with Gasteiger partial charge in [0.05, 0.1) is 12.2 Å². The molecule has 3 rings (SSSR count). The largest absolute Gasteiger partial charge is 0.352 e. The van der Waals surface area contributed by atoms with E-state index in [9.17, 15) is 18.4 Å². The number of nitrogens with one attached hydrogen (secondary N) is 2. The van der Waals surface area contributed by atoms with Crippen molar-refractivity contribution in [1.82, 2.24) is 15.2 Å². The standard InChI is InChI=1S/C19H22F2N4O2S/c1-2-17(26)22-13-4-3-7-25(9-13)10-18(27)24-19-23-16(11-28-19)12-5-6-14(20)15(21)8-12/h5-6,8,11,13H,2-4,7,9-10H2,1H3,(H,22,26)(H,23,24,27). The van der Waals surface area contributed by atoms with Crippen molar-refractivity contribution in [2.24, 2.45) is 0 Å². The molecule has 2 heterocycles. The lowest BCUT2D eigenvalue weighted by Gasteiger charge is -2.32. The van der Waals surface area contributed by atoms with Gasteiger partial charge in [0.15, 0.2) is 16.8 Å². The second-order valence-corrected chi connectivity index (χ2v) is 7.57. The number of carbonyl (C=O) groups is 2. The molecule has 28 heavy (non-hydrogen) atoms. The van der Waals surface area contributed by atoms with Crippen LogP contribution in [0.5, 0.6) is 0 Å². The van der Waals surface area contributed by atoms with Gasteiger partial charge in [0.2, 0.25) is 11.8 Å². The summed E-state index contributed by atoms with van der Waals surface area (Å²) in [4.78, 5) is 30.2. The van der Waals surface area contributed by atoms with Gasteiger partial charge in [0.1, 0.15) is 0 Å². The maximum Gasteiger partial charge on any atom is 0.240 e. The van der Waals surface area contributed by atoms with Crippen LogP contribution in [-0.4, -0.2) is 47.4 Å². The summed E-state index contributed by atoms with van der Waals surface area (Å²) in [6.45, 7) is 3.45. The van der Waals surface area contributed by atoms with E-state index in [0.29, 0.717) is 29.4 Å². The predicted octanol–water partition coefficient (Wildman–Crippen LogP) is 3.02. The Kier molecular flexibility index (Phi) is 6.69. The van der Waals surface area contributed by atoms with Gasteiger partial charge in [0.25, 0.3) is 0 Å². The molecule has 6 nitrogen and oxygen atoms in total. The molecule has 1 aromatic heterocycles. The number of likely N-dealkylation sites (tertiary alicyclic amines) is 1. The molecule has 150 valence electrons.